The number of carbonyl (C=O) groups is 1. The van der Waals surface area contributed by atoms with Gasteiger partial charge >= 0.3 is 0 Å². The van der Waals surface area contributed by atoms with Crippen LogP contribution in [0.3, 0.4) is 0 Å². The van der Waals surface area contributed by atoms with Crippen LogP contribution in [0.5, 0.6) is 0 Å². The van der Waals surface area contributed by atoms with E-state index in [0.29, 0.717) is 17.8 Å². The Labute approximate surface area is 196 Å². The van der Waals surface area contributed by atoms with Gasteiger partial charge in [-0.2, -0.15) is 21.0 Å². The molecule has 0 unspecified atom stereocenters. The first kappa shape index (κ1) is 23.5. The van der Waals surface area contributed by atoms with Crippen LogP contribution >= 0.6 is 0 Å². The van der Waals surface area contributed by atoms with E-state index in [1.807, 2.05) is 12.1 Å². The number of carbonyl (C=O) groups excluding carboxylic acids is 1. The quantitative estimate of drug-likeness (QED) is 0.631. The number of rotatable bonds is 4. The Hall–Kier alpha value is -2.67. The van der Waals surface area contributed by atoms with Gasteiger partial charge in [-0.1, -0.05) is 25.5 Å². The lowest BCUT2D eigenvalue weighted by Crippen LogP contribution is -2.51. The molecule has 33 heavy (non-hydrogen) atoms. The van der Waals surface area contributed by atoms with E-state index >= 15 is 0 Å². The summed E-state index contributed by atoms with van der Waals surface area (Å²) >= 11 is 0. The van der Waals surface area contributed by atoms with Gasteiger partial charge in [0.1, 0.15) is 5.78 Å². The third-order valence-corrected chi connectivity index (χ3v) is 10.1. The van der Waals surface area contributed by atoms with Gasteiger partial charge in [0.15, 0.2) is 11.3 Å². The van der Waals surface area contributed by atoms with Crippen LogP contribution in [-0.2, 0) is 4.79 Å². The van der Waals surface area contributed by atoms with Crippen molar-refractivity contribution in [3.8, 4) is 24.3 Å². The summed E-state index contributed by atoms with van der Waals surface area (Å²) in [6, 6.07) is 7.16. The minimum atomic E-state index is -1.91. The lowest BCUT2D eigenvalue weighted by molar-refractivity contribution is -0.131. The number of aliphatic hydroxyl groups is 1. The van der Waals surface area contributed by atoms with E-state index in [1.165, 1.54) is 5.57 Å². The molecule has 7 atom stereocenters. The highest BCUT2D eigenvalue weighted by atomic mass is 16.3. The fraction of sp³-hybridized carbons (Fsp3) is 0.741. The first-order valence-electron chi connectivity index (χ1n) is 12.2. The summed E-state index contributed by atoms with van der Waals surface area (Å²) in [6.07, 6.45) is 9.12. The topological polar surface area (TPSA) is 132 Å². The molecule has 3 fully saturated rings. The van der Waals surface area contributed by atoms with Gasteiger partial charge in [0, 0.05) is 12.3 Å². The van der Waals surface area contributed by atoms with E-state index in [4.69, 9.17) is 0 Å². The molecule has 4 aliphatic rings. The minimum absolute atomic E-state index is 0.134. The Balaban J connectivity index is 1.58. The highest BCUT2D eigenvalue weighted by molar-refractivity contribution is 5.84. The van der Waals surface area contributed by atoms with Crippen molar-refractivity contribution in [3.63, 3.8) is 0 Å². The Morgan fingerprint density at radius 3 is 2.42 bits per heavy atom. The van der Waals surface area contributed by atoms with Crippen LogP contribution in [0.15, 0.2) is 11.6 Å². The second-order valence-corrected chi connectivity index (χ2v) is 11.4. The van der Waals surface area contributed by atoms with Crippen molar-refractivity contribution >= 4 is 5.78 Å². The average Bonchev–Trinajstić information content (AvgIpc) is 3.16. The number of nitrogens with zero attached hydrogens (tertiary/aromatic N) is 4. The number of hydrogen-bond acceptors (Lipinski definition) is 6. The fourth-order valence-electron chi connectivity index (χ4n) is 8.15. The Morgan fingerprint density at radius 2 is 1.79 bits per heavy atom. The molecule has 6 nitrogen and oxygen atoms in total. The van der Waals surface area contributed by atoms with Crippen LogP contribution in [0.25, 0.3) is 0 Å². The summed E-state index contributed by atoms with van der Waals surface area (Å²) in [5, 5.41) is 48.1. The number of Topliss-reactive ketones (excluding diaryl/α,β-unsaturated/α-hetero) is 1. The van der Waals surface area contributed by atoms with Crippen molar-refractivity contribution in [2.45, 2.75) is 77.7 Å². The number of ketones is 1. The molecular formula is C27H32N4O2. The predicted octanol–water partition coefficient (Wildman–Crippen LogP) is 4.58. The summed E-state index contributed by atoms with van der Waals surface area (Å²) in [5.74, 6) is -0.345. The molecule has 0 spiro atoms. The number of nitriles is 4. The molecule has 6 heteroatoms. The molecule has 0 aromatic carbocycles. The summed E-state index contributed by atoms with van der Waals surface area (Å²) < 4.78 is 0. The standard InChI is InChI=1S/C27H32N4O2/c1-25-9-7-19(32)11-17(25)3-4-20-21-5-6-23(26(21,2)10-8-22(20)25)24(33)12-27(15-30,16-31)18(13-28)14-29/h3,18-23,32H,4-12H2,1-2H3/t19-,20-,21-,22+,23+,25-,26-/m0/s1. The van der Waals surface area contributed by atoms with Crippen molar-refractivity contribution in [1.82, 2.24) is 0 Å². The molecule has 0 aromatic heterocycles. The van der Waals surface area contributed by atoms with Crippen LogP contribution in [0.1, 0.15) is 71.6 Å². The molecule has 0 radical (unpaired) electrons. The molecule has 0 saturated heterocycles. The maximum Gasteiger partial charge on any atom is 0.179 e. The zero-order chi connectivity index (χ0) is 24.0. The van der Waals surface area contributed by atoms with Crippen LogP contribution in [0.2, 0.25) is 0 Å². The van der Waals surface area contributed by atoms with E-state index in [9.17, 15) is 30.9 Å². The molecule has 0 aliphatic heterocycles. The number of allylic oxidation sites excluding steroid dienone is 1. The summed E-state index contributed by atoms with van der Waals surface area (Å²) in [6.45, 7) is 4.59. The first-order valence-corrected chi connectivity index (χ1v) is 12.2. The monoisotopic (exact) mass is 444 g/mol. The molecule has 3 saturated carbocycles. The molecule has 172 valence electrons. The second kappa shape index (κ2) is 8.28. The molecule has 1 N–H and O–H groups in total. The Bertz CT molecular complexity index is 1010. The van der Waals surface area contributed by atoms with Crippen molar-refractivity contribution in [2.75, 3.05) is 0 Å². The SMILES string of the molecule is C[C@]12CC[C@@H]3[C@@H](CC=C4C[C@@H](O)CC[C@@]43C)[C@@H]1CC[C@@H]2C(=O)CC(C#N)(C#N)C(C#N)C#N. The first-order chi connectivity index (χ1) is 15.7. The van der Waals surface area contributed by atoms with Crippen molar-refractivity contribution in [3.05, 3.63) is 11.6 Å². The van der Waals surface area contributed by atoms with Crippen LogP contribution < -0.4 is 0 Å². The Morgan fingerprint density at radius 1 is 1.09 bits per heavy atom. The van der Waals surface area contributed by atoms with E-state index in [0.717, 1.165) is 51.4 Å². The summed E-state index contributed by atoms with van der Waals surface area (Å²) in [5.41, 5.74) is -0.538. The van der Waals surface area contributed by atoms with Gasteiger partial charge in [-0.25, -0.2) is 0 Å². The van der Waals surface area contributed by atoms with Crippen molar-refractivity contribution in [2.24, 2.45) is 45.8 Å². The van der Waals surface area contributed by atoms with Gasteiger partial charge < -0.3 is 5.11 Å². The van der Waals surface area contributed by atoms with E-state index in [-0.39, 0.29) is 35.1 Å². The molecule has 0 bridgehead atoms. The average molecular weight is 445 g/mol. The molecule has 4 aliphatic carbocycles. The van der Waals surface area contributed by atoms with Gasteiger partial charge in [-0.15, -0.1) is 0 Å². The van der Waals surface area contributed by atoms with Gasteiger partial charge in [-0.05, 0) is 80.0 Å². The highest BCUT2D eigenvalue weighted by Gasteiger charge is 2.60. The maximum absolute atomic E-state index is 13.5. The second-order valence-electron chi connectivity index (χ2n) is 11.4. The van der Waals surface area contributed by atoms with Gasteiger partial charge in [0.05, 0.1) is 30.4 Å². The highest BCUT2D eigenvalue weighted by Crippen LogP contribution is 2.66. The van der Waals surface area contributed by atoms with Gasteiger partial charge in [0.2, 0.25) is 0 Å². The largest absolute Gasteiger partial charge is 0.393 e. The number of fused-ring (bicyclic) bond motifs is 5. The molecular weight excluding hydrogens is 412 g/mol. The van der Waals surface area contributed by atoms with E-state index < -0.39 is 11.3 Å². The van der Waals surface area contributed by atoms with E-state index in [1.54, 1.807) is 12.1 Å². The molecule has 0 amide bonds. The summed E-state index contributed by atoms with van der Waals surface area (Å²) in [7, 11) is 0. The molecule has 0 heterocycles. The maximum atomic E-state index is 13.5. The predicted molar refractivity (Wildman–Crippen MR) is 119 cm³/mol. The third-order valence-electron chi connectivity index (χ3n) is 10.1. The lowest BCUT2D eigenvalue weighted by Gasteiger charge is -2.58. The molecule has 4 rings (SSSR count). The van der Waals surface area contributed by atoms with Crippen molar-refractivity contribution in [1.29, 1.82) is 21.0 Å². The normalized spacial score (nSPS) is 39.5. The van der Waals surface area contributed by atoms with Crippen molar-refractivity contribution < 1.29 is 9.90 Å². The van der Waals surface area contributed by atoms with Gasteiger partial charge in [0.25, 0.3) is 0 Å². The van der Waals surface area contributed by atoms with Crippen LogP contribution in [0, 0.1) is 91.2 Å². The number of aliphatic hydroxyl groups excluding tert-OH is 1. The van der Waals surface area contributed by atoms with E-state index in [2.05, 4.69) is 19.9 Å². The minimum Gasteiger partial charge on any atom is -0.393 e. The van der Waals surface area contributed by atoms with Gasteiger partial charge in [-0.3, -0.25) is 4.79 Å². The van der Waals surface area contributed by atoms with Crippen LogP contribution in [0.4, 0.5) is 0 Å². The van der Waals surface area contributed by atoms with Crippen LogP contribution in [-0.4, -0.2) is 17.0 Å². The zero-order valence-corrected chi connectivity index (χ0v) is 19.5. The third kappa shape index (κ3) is 3.39. The lowest BCUT2D eigenvalue weighted by atomic mass is 9.47. The fourth-order valence-corrected chi connectivity index (χ4v) is 8.15. The Kier molecular flexibility index (Phi) is 5.89. The summed E-state index contributed by atoms with van der Waals surface area (Å²) in [4.78, 5) is 13.5. The number of hydrogen-bond donors (Lipinski definition) is 1. The smallest absolute Gasteiger partial charge is 0.179 e. The zero-order valence-electron chi connectivity index (χ0n) is 19.5. The molecule has 0 aromatic rings.